The molecule has 2 aromatic carbocycles. The number of amides is 1. The van der Waals surface area contributed by atoms with Crippen LogP contribution in [0.3, 0.4) is 0 Å². The third-order valence-electron chi connectivity index (χ3n) is 3.92. The topological polar surface area (TPSA) is 56.0 Å². The van der Waals surface area contributed by atoms with Crippen molar-refractivity contribution in [1.82, 2.24) is 4.98 Å². The molecule has 2 N–H and O–H groups in total. The number of rotatable bonds is 3. The van der Waals surface area contributed by atoms with Gasteiger partial charge in [-0.25, -0.2) is 4.98 Å². The predicted octanol–water partition coefficient (Wildman–Crippen LogP) is 4.96. The van der Waals surface area contributed by atoms with Crippen molar-refractivity contribution in [2.75, 3.05) is 0 Å². The van der Waals surface area contributed by atoms with Gasteiger partial charge in [0.15, 0.2) is 0 Å². The molecule has 0 aliphatic heterocycles. The molecule has 0 atom stereocenters. The van der Waals surface area contributed by atoms with Crippen molar-refractivity contribution < 1.29 is 4.79 Å². The van der Waals surface area contributed by atoms with E-state index in [0.717, 1.165) is 38.3 Å². The number of primary amides is 1. The van der Waals surface area contributed by atoms with Crippen LogP contribution in [0.25, 0.3) is 21.3 Å². The summed E-state index contributed by atoms with van der Waals surface area (Å²) < 4.78 is 1.11. The molecule has 4 heteroatoms. The molecule has 3 aromatic rings. The van der Waals surface area contributed by atoms with Gasteiger partial charge in [0.25, 0.3) is 0 Å². The molecule has 3 rings (SSSR count). The molecule has 1 heterocycles. The average molecular weight is 338 g/mol. The summed E-state index contributed by atoms with van der Waals surface area (Å²) in [5.74, 6) is -0.404. The molecule has 0 saturated carbocycles. The summed E-state index contributed by atoms with van der Waals surface area (Å²) in [5, 5.41) is 1.09. The van der Waals surface area contributed by atoms with E-state index in [1.165, 1.54) is 0 Å². The molecular weight excluding hydrogens is 316 g/mol. The Hall–Kier alpha value is -2.20. The molecule has 1 amide bonds. The lowest BCUT2D eigenvalue weighted by molar-refractivity contribution is 0.100. The molecule has 0 aliphatic rings. The highest BCUT2D eigenvalue weighted by Crippen LogP contribution is 2.37. The SMILES string of the molecule is Cc1cc2sc(CC(C)(C)C)nc2c(-c2ccccc2)c1C(N)=O. The Morgan fingerprint density at radius 3 is 2.46 bits per heavy atom. The number of hydrogen-bond acceptors (Lipinski definition) is 3. The molecular formula is C20H22N2OS. The summed E-state index contributed by atoms with van der Waals surface area (Å²) >= 11 is 1.70. The highest BCUT2D eigenvalue weighted by Gasteiger charge is 2.21. The molecule has 0 unspecified atom stereocenters. The first-order valence-corrected chi connectivity index (χ1v) is 8.86. The fourth-order valence-corrected chi connectivity index (χ4v) is 4.35. The van der Waals surface area contributed by atoms with Gasteiger partial charge in [0.2, 0.25) is 5.91 Å². The van der Waals surface area contributed by atoms with Crippen LogP contribution in [0.2, 0.25) is 0 Å². The smallest absolute Gasteiger partial charge is 0.249 e. The van der Waals surface area contributed by atoms with Gasteiger partial charge in [-0.3, -0.25) is 4.79 Å². The molecule has 124 valence electrons. The van der Waals surface area contributed by atoms with Crippen LogP contribution in [0.4, 0.5) is 0 Å². The average Bonchev–Trinajstić information content (AvgIpc) is 2.85. The van der Waals surface area contributed by atoms with Crippen LogP contribution < -0.4 is 5.73 Å². The standard InChI is InChI=1S/C20H22N2OS/c1-12-10-14-18(22-15(24-14)11-20(2,3)4)17(16(12)19(21)23)13-8-6-5-7-9-13/h5-10H,11H2,1-4H3,(H2,21,23). The van der Waals surface area contributed by atoms with Crippen molar-refractivity contribution in [2.45, 2.75) is 34.1 Å². The number of carbonyl (C=O) groups is 1. The van der Waals surface area contributed by atoms with Crippen molar-refractivity contribution >= 4 is 27.5 Å². The molecule has 0 fully saturated rings. The Balaban J connectivity index is 2.32. The van der Waals surface area contributed by atoms with Gasteiger partial charge < -0.3 is 5.73 Å². The Labute approximate surface area is 146 Å². The van der Waals surface area contributed by atoms with E-state index in [1.807, 2.05) is 43.3 Å². The summed E-state index contributed by atoms with van der Waals surface area (Å²) in [4.78, 5) is 17.0. The molecule has 3 nitrogen and oxygen atoms in total. The second kappa shape index (κ2) is 6.02. The minimum atomic E-state index is -0.404. The van der Waals surface area contributed by atoms with E-state index in [9.17, 15) is 4.79 Å². The van der Waals surface area contributed by atoms with Crippen LogP contribution in [0.1, 0.15) is 41.7 Å². The number of aryl methyl sites for hydroxylation is 1. The molecule has 24 heavy (non-hydrogen) atoms. The van der Waals surface area contributed by atoms with Gasteiger partial charge in [-0.1, -0.05) is 51.1 Å². The van der Waals surface area contributed by atoms with Gasteiger partial charge in [0.05, 0.1) is 20.8 Å². The van der Waals surface area contributed by atoms with Crippen molar-refractivity contribution in [1.29, 1.82) is 0 Å². The van der Waals surface area contributed by atoms with Gasteiger partial charge in [-0.05, 0) is 29.5 Å². The lowest BCUT2D eigenvalue weighted by Crippen LogP contribution is -2.14. The molecule has 0 radical (unpaired) electrons. The van der Waals surface area contributed by atoms with Crippen molar-refractivity contribution in [3.63, 3.8) is 0 Å². The number of nitrogens with two attached hydrogens (primary N) is 1. The monoisotopic (exact) mass is 338 g/mol. The summed E-state index contributed by atoms with van der Waals surface area (Å²) in [6.45, 7) is 8.56. The van der Waals surface area contributed by atoms with E-state index < -0.39 is 5.91 Å². The fraction of sp³-hybridized carbons (Fsp3) is 0.300. The number of thiazole rings is 1. The van der Waals surface area contributed by atoms with Gasteiger partial charge in [0.1, 0.15) is 0 Å². The fourth-order valence-electron chi connectivity index (χ4n) is 2.97. The summed E-state index contributed by atoms with van der Waals surface area (Å²) in [5.41, 5.74) is 10.0. The highest BCUT2D eigenvalue weighted by atomic mass is 32.1. The second-order valence-corrected chi connectivity index (χ2v) is 8.48. The maximum absolute atomic E-state index is 12.1. The van der Waals surface area contributed by atoms with Crippen LogP contribution in [0, 0.1) is 12.3 Å². The van der Waals surface area contributed by atoms with Crippen LogP contribution in [-0.4, -0.2) is 10.9 Å². The van der Waals surface area contributed by atoms with Crippen molar-refractivity contribution in [3.8, 4) is 11.1 Å². The minimum Gasteiger partial charge on any atom is -0.366 e. The molecule has 0 saturated heterocycles. The van der Waals surface area contributed by atoms with Gasteiger partial charge in [0, 0.05) is 12.0 Å². The normalized spacial score (nSPS) is 11.8. The maximum atomic E-state index is 12.1. The van der Waals surface area contributed by atoms with Crippen LogP contribution >= 0.6 is 11.3 Å². The lowest BCUT2D eigenvalue weighted by Gasteiger charge is -2.15. The second-order valence-electron chi connectivity index (χ2n) is 7.37. The number of aromatic nitrogens is 1. The largest absolute Gasteiger partial charge is 0.366 e. The third-order valence-corrected chi connectivity index (χ3v) is 4.92. The number of benzene rings is 2. The lowest BCUT2D eigenvalue weighted by atomic mass is 9.92. The van der Waals surface area contributed by atoms with Gasteiger partial charge >= 0.3 is 0 Å². The number of fused-ring (bicyclic) bond motifs is 1. The maximum Gasteiger partial charge on any atom is 0.249 e. The van der Waals surface area contributed by atoms with E-state index in [2.05, 4.69) is 20.8 Å². The van der Waals surface area contributed by atoms with Crippen LogP contribution in [0.5, 0.6) is 0 Å². The Kier molecular flexibility index (Phi) is 4.18. The Morgan fingerprint density at radius 1 is 1.21 bits per heavy atom. The molecule has 0 bridgehead atoms. The summed E-state index contributed by atoms with van der Waals surface area (Å²) in [7, 11) is 0. The predicted molar refractivity (Wildman–Crippen MR) is 101 cm³/mol. The van der Waals surface area contributed by atoms with Crippen LogP contribution in [-0.2, 0) is 6.42 Å². The number of carbonyl (C=O) groups excluding carboxylic acids is 1. The van der Waals surface area contributed by atoms with E-state index >= 15 is 0 Å². The number of hydrogen-bond donors (Lipinski definition) is 1. The molecule has 0 aliphatic carbocycles. The van der Waals surface area contributed by atoms with Gasteiger partial charge in [-0.2, -0.15) is 0 Å². The molecule has 0 spiro atoms. The van der Waals surface area contributed by atoms with Crippen molar-refractivity contribution in [2.24, 2.45) is 11.1 Å². The summed E-state index contributed by atoms with van der Waals surface area (Å²) in [6.07, 6.45) is 0.908. The van der Waals surface area contributed by atoms with Crippen molar-refractivity contribution in [3.05, 3.63) is 52.5 Å². The third kappa shape index (κ3) is 3.20. The van der Waals surface area contributed by atoms with E-state index in [0.29, 0.717) is 5.56 Å². The van der Waals surface area contributed by atoms with E-state index in [-0.39, 0.29) is 5.41 Å². The highest BCUT2D eigenvalue weighted by molar-refractivity contribution is 7.18. The quantitative estimate of drug-likeness (QED) is 0.734. The first kappa shape index (κ1) is 16.7. The summed E-state index contributed by atoms with van der Waals surface area (Å²) in [6, 6.07) is 11.9. The Morgan fingerprint density at radius 2 is 1.88 bits per heavy atom. The first-order chi connectivity index (χ1) is 11.3. The zero-order valence-corrected chi connectivity index (χ0v) is 15.3. The zero-order valence-electron chi connectivity index (χ0n) is 14.5. The zero-order chi connectivity index (χ0) is 17.5. The van der Waals surface area contributed by atoms with Crippen LogP contribution in [0.15, 0.2) is 36.4 Å². The van der Waals surface area contributed by atoms with Gasteiger partial charge in [-0.15, -0.1) is 11.3 Å². The first-order valence-electron chi connectivity index (χ1n) is 8.04. The van der Waals surface area contributed by atoms with E-state index in [4.69, 9.17) is 10.7 Å². The van der Waals surface area contributed by atoms with E-state index in [1.54, 1.807) is 11.3 Å². The molecule has 1 aromatic heterocycles. The number of nitrogens with zero attached hydrogens (tertiary/aromatic N) is 1. The minimum absolute atomic E-state index is 0.169. The Bertz CT molecular complexity index is 905.